The number of ether oxygens (including phenoxy) is 1. The number of carbonyl (C=O) groups is 2. The molecular formula is C22H23N5O7S. The number of carbonyl (C=O) groups excluding carboxylic acids is 2. The van der Waals surface area contributed by atoms with Crippen molar-refractivity contribution in [1.82, 2.24) is 20.8 Å². The monoisotopic (exact) mass is 501 g/mol. The Bertz CT molecular complexity index is 1430. The van der Waals surface area contributed by atoms with Crippen LogP contribution in [0.4, 0.5) is 5.69 Å². The van der Waals surface area contributed by atoms with Gasteiger partial charge in [-0.3, -0.25) is 34.9 Å². The lowest BCUT2D eigenvalue weighted by atomic mass is 10.2. The molecule has 0 fully saturated rings. The highest BCUT2D eigenvalue weighted by atomic mass is 32.2. The molecule has 184 valence electrons. The number of hydrazine groups is 1. The van der Waals surface area contributed by atoms with Gasteiger partial charge in [0.15, 0.2) is 4.90 Å². The summed E-state index contributed by atoms with van der Waals surface area (Å²) in [7, 11) is -4.35. The predicted octanol–water partition coefficient (Wildman–Crippen LogP) is 1.12. The van der Waals surface area contributed by atoms with Gasteiger partial charge in [0, 0.05) is 23.0 Å². The van der Waals surface area contributed by atoms with Crippen molar-refractivity contribution in [3.63, 3.8) is 0 Å². The highest BCUT2D eigenvalue weighted by Gasteiger charge is 2.19. The van der Waals surface area contributed by atoms with E-state index in [0.717, 1.165) is 19.0 Å². The van der Waals surface area contributed by atoms with Gasteiger partial charge in [-0.2, -0.15) is 0 Å². The molecule has 0 bridgehead atoms. The molecule has 0 aliphatic heterocycles. The fraction of sp³-hybridized carbons (Fsp3) is 0.182. The van der Waals surface area contributed by atoms with Crippen molar-refractivity contribution in [3.05, 3.63) is 86.7 Å². The Morgan fingerprint density at radius 3 is 2.31 bits per heavy atom. The van der Waals surface area contributed by atoms with Gasteiger partial charge in [0.25, 0.3) is 27.4 Å². The average molecular weight is 502 g/mol. The second-order valence-corrected chi connectivity index (χ2v) is 8.91. The van der Waals surface area contributed by atoms with Gasteiger partial charge in [-0.1, -0.05) is 19.4 Å². The molecule has 13 heteroatoms. The molecule has 12 nitrogen and oxygen atoms in total. The first-order valence-corrected chi connectivity index (χ1v) is 12.0. The minimum Gasteiger partial charge on any atom is -0.494 e. The third-order valence-corrected chi connectivity index (χ3v) is 6.01. The summed E-state index contributed by atoms with van der Waals surface area (Å²) in [5.74, 6) is -0.643. The fourth-order valence-electron chi connectivity index (χ4n) is 2.83. The lowest BCUT2D eigenvalue weighted by Crippen LogP contribution is -2.41. The van der Waals surface area contributed by atoms with E-state index in [1.54, 1.807) is 24.3 Å². The van der Waals surface area contributed by atoms with Crippen molar-refractivity contribution in [2.75, 3.05) is 11.3 Å². The molecule has 1 heterocycles. The summed E-state index contributed by atoms with van der Waals surface area (Å²) in [6.07, 6.45) is 2.69. The second-order valence-electron chi connectivity index (χ2n) is 7.26. The maximum atomic E-state index is 12.5. The number of H-pyrrole nitrogens is 2. The van der Waals surface area contributed by atoms with Crippen LogP contribution in [0.25, 0.3) is 0 Å². The maximum absolute atomic E-state index is 12.5. The van der Waals surface area contributed by atoms with Crippen LogP contribution >= 0.6 is 0 Å². The zero-order valence-corrected chi connectivity index (χ0v) is 19.4. The summed E-state index contributed by atoms with van der Waals surface area (Å²) in [4.78, 5) is 50.8. The van der Waals surface area contributed by atoms with Crippen LogP contribution in [0, 0.1) is 0 Å². The topological polar surface area (TPSA) is 179 Å². The zero-order valence-electron chi connectivity index (χ0n) is 18.6. The molecule has 0 saturated heterocycles. The van der Waals surface area contributed by atoms with E-state index in [1.165, 1.54) is 24.3 Å². The smallest absolute Gasteiger partial charge is 0.325 e. The molecule has 35 heavy (non-hydrogen) atoms. The second kappa shape index (κ2) is 11.2. The SMILES string of the molecule is CCCCOc1ccc(C(=O)NNC(=O)c2cccc(NS(=O)(=O)c3c[nH]c(=O)[nH]c3=O)c2)cc1. The Morgan fingerprint density at radius 2 is 1.66 bits per heavy atom. The van der Waals surface area contributed by atoms with Crippen molar-refractivity contribution in [2.45, 2.75) is 24.7 Å². The van der Waals surface area contributed by atoms with Gasteiger partial charge in [-0.15, -0.1) is 0 Å². The van der Waals surface area contributed by atoms with E-state index >= 15 is 0 Å². The normalized spacial score (nSPS) is 10.9. The minimum atomic E-state index is -4.35. The summed E-state index contributed by atoms with van der Waals surface area (Å²) >= 11 is 0. The van der Waals surface area contributed by atoms with Gasteiger partial charge in [0.2, 0.25) is 0 Å². The number of sulfonamides is 1. The van der Waals surface area contributed by atoms with Gasteiger partial charge in [-0.05, 0) is 48.9 Å². The fourth-order valence-corrected chi connectivity index (χ4v) is 3.88. The molecule has 3 rings (SSSR count). The van der Waals surface area contributed by atoms with E-state index < -0.39 is 38.0 Å². The predicted molar refractivity (Wildman–Crippen MR) is 127 cm³/mol. The van der Waals surface area contributed by atoms with Crippen LogP contribution in [0.5, 0.6) is 5.75 Å². The van der Waals surface area contributed by atoms with E-state index in [4.69, 9.17) is 4.74 Å². The van der Waals surface area contributed by atoms with Gasteiger partial charge in [-0.25, -0.2) is 13.2 Å². The molecule has 0 aliphatic rings. The maximum Gasteiger partial charge on any atom is 0.325 e. The lowest BCUT2D eigenvalue weighted by molar-refractivity contribution is 0.0846. The standard InChI is InChI=1S/C22H23N5O7S/c1-2-3-11-34-17-9-7-14(8-10-17)19(28)25-26-20(29)15-5-4-6-16(12-15)27-35(32,33)18-13-23-22(31)24-21(18)30/h4-10,12-13,27H,2-3,11H2,1H3,(H,25,28)(H,26,29)(H2,23,24,30,31). The molecule has 0 saturated carbocycles. The van der Waals surface area contributed by atoms with Crippen molar-refractivity contribution in [2.24, 2.45) is 0 Å². The Morgan fingerprint density at radius 1 is 0.971 bits per heavy atom. The number of benzene rings is 2. The summed E-state index contributed by atoms with van der Waals surface area (Å²) < 4.78 is 32.6. The molecule has 2 amide bonds. The van der Waals surface area contributed by atoms with Crippen molar-refractivity contribution in [3.8, 4) is 5.75 Å². The van der Waals surface area contributed by atoms with Crippen LogP contribution in [0.2, 0.25) is 0 Å². The summed E-state index contributed by atoms with van der Waals surface area (Å²) in [6.45, 7) is 2.63. The first-order valence-electron chi connectivity index (χ1n) is 10.5. The number of unbranched alkanes of at least 4 members (excludes halogenated alkanes) is 1. The summed E-state index contributed by atoms with van der Waals surface area (Å²) in [6, 6.07) is 11.8. The molecular weight excluding hydrogens is 478 g/mol. The first kappa shape index (κ1) is 25.2. The van der Waals surface area contributed by atoms with Gasteiger partial charge in [0.1, 0.15) is 5.75 Å². The van der Waals surface area contributed by atoms with Crippen LogP contribution in [-0.2, 0) is 10.0 Å². The van der Waals surface area contributed by atoms with Crippen LogP contribution in [0.15, 0.2) is 69.2 Å². The van der Waals surface area contributed by atoms with E-state index in [0.29, 0.717) is 17.9 Å². The van der Waals surface area contributed by atoms with E-state index in [9.17, 15) is 27.6 Å². The average Bonchev–Trinajstić information content (AvgIpc) is 2.82. The van der Waals surface area contributed by atoms with E-state index in [-0.39, 0.29) is 11.3 Å². The number of hydrogen-bond acceptors (Lipinski definition) is 7. The molecule has 5 N–H and O–H groups in total. The highest BCUT2D eigenvalue weighted by molar-refractivity contribution is 7.92. The molecule has 0 unspecified atom stereocenters. The minimum absolute atomic E-state index is 0.0201. The molecule has 0 aliphatic carbocycles. The quantitative estimate of drug-likeness (QED) is 0.215. The van der Waals surface area contributed by atoms with Gasteiger partial charge in [0.05, 0.1) is 6.61 Å². The molecule has 1 aromatic heterocycles. The Labute approximate surface area is 199 Å². The van der Waals surface area contributed by atoms with Crippen LogP contribution in [0.1, 0.15) is 40.5 Å². The number of anilines is 1. The molecule has 0 spiro atoms. The van der Waals surface area contributed by atoms with E-state index in [1.807, 2.05) is 4.98 Å². The third kappa shape index (κ3) is 6.80. The number of hydrogen-bond donors (Lipinski definition) is 5. The number of nitrogens with one attached hydrogen (secondary N) is 5. The zero-order chi connectivity index (χ0) is 25.4. The van der Waals surface area contributed by atoms with Gasteiger partial charge < -0.3 is 9.72 Å². The Kier molecular flexibility index (Phi) is 8.04. The van der Waals surface area contributed by atoms with Crippen molar-refractivity contribution in [1.29, 1.82) is 0 Å². The lowest BCUT2D eigenvalue weighted by Gasteiger charge is -2.10. The largest absolute Gasteiger partial charge is 0.494 e. The van der Waals surface area contributed by atoms with Crippen molar-refractivity contribution < 1.29 is 22.7 Å². The molecule has 3 aromatic rings. The number of aromatic amines is 2. The number of aromatic nitrogens is 2. The Hall–Kier alpha value is -4.39. The summed E-state index contributed by atoms with van der Waals surface area (Å²) in [5.41, 5.74) is 2.87. The van der Waals surface area contributed by atoms with Crippen LogP contribution in [0.3, 0.4) is 0 Å². The Balaban J connectivity index is 1.62. The summed E-state index contributed by atoms with van der Waals surface area (Å²) in [5, 5.41) is 0. The number of rotatable bonds is 9. The van der Waals surface area contributed by atoms with Crippen LogP contribution < -0.4 is 31.6 Å². The van der Waals surface area contributed by atoms with Crippen LogP contribution in [-0.4, -0.2) is 36.8 Å². The highest BCUT2D eigenvalue weighted by Crippen LogP contribution is 2.15. The van der Waals surface area contributed by atoms with Gasteiger partial charge >= 0.3 is 5.69 Å². The van der Waals surface area contributed by atoms with E-state index in [2.05, 4.69) is 27.5 Å². The molecule has 2 aromatic carbocycles. The molecule has 0 radical (unpaired) electrons. The van der Waals surface area contributed by atoms with Crippen molar-refractivity contribution >= 4 is 27.5 Å². The number of amides is 2. The first-order chi connectivity index (χ1) is 16.7. The molecule has 0 atom stereocenters. The third-order valence-electron chi connectivity index (χ3n) is 4.62.